The van der Waals surface area contributed by atoms with E-state index in [0.717, 1.165) is 28.4 Å². The first kappa shape index (κ1) is 15.4. The SMILES string of the molecule is FC(F)(F)c1cccc(Nc2cnc3cc4ccccc4cc3n2)c1. The van der Waals surface area contributed by atoms with E-state index < -0.39 is 11.7 Å². The van der Waals surface area contributed by atoms with Crippen molar-refractivity contribution < 1.29 is 13.2 Å². The van der Waals surface area contributed by atoms with Crippen molar-refractivity contribution in [3.8, 4) is 0 Å². The van der Waals surface area contributed by atoms with Gasteiger partial charge in [0.2, 0.25) is 0 Å². The molecule has 4 aromatic rings. The van der Waals surface area contributed by atoms with Crippen LogP contribution >= 0.6 is 0 Å². The summed E-state index contributed by atoms with van der Waals surface area (Å²) in [5.74, 6) is 0.391. The van der Waals surface area contributed by atoms with Gasteiger partial charge in [-0.1, -0.05) is 30.3 Å². The number of aromatic nitrogens is 2. The van der Waals surface area contributed by atoms with E-state index in [1.165, 1.54) is 12.3 Å². The normalized spacial score (nSPS) is 11.8. The first-order chi connectivity index (χ1) is 12.0. The molecule has 0 saturated carbocycles. The molecule has 0 atom stereocenters. The molecule has 0 unspecified atom stereocenters. The maximum absolute atomic E-state index is 12.8. The Morgan fingerprint density at radius 1 is 0.800 bits per heavy atom. The number of anilines is 2. The third-order valence-corrected chi connectivity index (χ3v) is 3.87. The number of hydrogen-bond donors (Lipinski definition) is 1. The number of alkyl halides is 3. The molecule has 0 amide bonds. The number of nitrogens with one attached hydrogen (secondary N) is 1. The minimum atomic E-state index is -4.38. The zero-order valence-electron chi connectivity index (χ0n) is 12.9. The van der Waals surface area contributed by atoms with Crippen LogP contribution in [0.5, 0.6) is 0 Å². The highest BCUT2D eigenvalue weighted by Gasteiger charge is 2.30. The molecule has 124 valence electrons. The molecular weight excluding hydrogens is 327 g/mol. The molecule has 0 aliphatic heterocycles. The van der Waals surface area contributed by atoms with Crippen LogP contribution in [0, 0.1) is 0 Å². The molecular formula is C19H12F3N3. The Labute approximate surface area is 141 Å². The van der Waals surface area contributed by atoms with Crippen LogP contribution in [-0.4, -0.2) is 9.97 Å². The molecule has 1 aromatic heterocycles. The largest absolute Gasteiger partial charge is 0.416 e. The van der Waals surface area contributed by atoms with Crippen LogP contribution in [0.2, 0.25) is 0 Å². The predicted molar refractivity (Wildman–Crippen MR) is 91.8 cm³/mol. The van der Waals surface area contributed by atoms with Crippen molar-refractivity contribution >= 4 is 33.3 Å². The number of hydrogen-bond acceptors (Lipinski definition) is 3. The fourth-order valence-corrected chi connectivity index (χ4v) is 2.68. The smallest absolute Gasteiger partial charge is 0.339 e. The van der Waals surface area contributed by atoms with E-state index in [4.69, 9.17) is 0 Å². The average Bonchev–Trinajstić information content (AvgIpc) is 2.59. The standard InChI is InChI=1S/C19H12F3N3/c20-19(21,22)14-6-3-7-15(10-14)24-18-11-23-16-8-12-4-1-2-5-13(12)9-17(16)25-18/h1-11H,(H,24,25). The molecule has 0 aliphatic rings. The number of rotatable bonds is 2. The summed E-state index contributed by atoms with van der Waals surface area (Å²) in [6.45, 7) is 0. The second kappa shape index (κ2) is 5.73. The average molecular weight is 339 g/mol. The predicted octanol–water partition coefficient (Wildman–Crippen LogP) is 5.55. The number of halogens is 3. The summed E-state index contributed by atoms with van der Waals surface area (Å²) in [5, 5.41) is 4.97. The summed E-state index contributed by atoms with van der Waals surface area (Å²) in [6.07, 6.45) is -2.87. The third kappa shape index (κ3) is 3.10. The summed E-state index contributed by atoms with van der Waals surface area (Å²) >= 11 is 0. The molecule has 3 aromatic carbocycles. The lowest BCUT2D eigenvalue weighted by Gasteiger charge is -2.10. The maximum atomic E-state index is 12.8. The quantitative estimate of drug-likeness (QED) is 0.487. The molecule has 25 heavy (non-hydrogen) atoms. The Hall–Kier alpha value is -3.15. The first-order valence-corrected chi connectivity index (χ1v) is 7.59. The highest BCUT2D eigenvalue weighted by atomic mass is 19.4. The Kier molecular flexibility index (Phi) is 3.53. The van der Waals surface area contributed by atoms with Crippen molar-refractivity contribution in [2.45, 2.75) is 6.18 Å². The van der Waals surface area contributed by atoms with E-state index in [1.54, 1.807) is 6.07 Å². The molecule has 1 N–H and O–H groups in total. The van der Waals surface area contributed by atoms with Crippen molar-refractivity contribution in [3.63, 3.8) is 0 Å². The summed E-state index contributed by atoms with van der Waals surface area (Å²) < 4.78 is 38.4. The highest BCUT2D eigenvalue weighted by Crippen LogP contribution is 2.31. The number of benzene rings is 3. The monoisotopic (exact) mass is 339 g/mol. The van der Waals surface area contributed by atoms with Gasteiger partial charge in [-0.05, 0) is 41.1 Å². The molecule has 6 heteroatoms. The Morgan fingerprint density at radius 3 is 2.24 bits per heavy atom. The summed E-state index contributed by atoms with van der Waals surface area (Å²) in [6, 6.07) is 16.7. The molecule has 3 nitrogen and oxygen atoms in total. The van der Waals surface area contributed by atoms with Crippen molar-refractivity contribution in [3.05, 3.63) is 72.4 Å². The van der Waals surface area contributed by atoms with E-state index in [1.807, 2.05) is 36.4 Å². The van der Waals surface area contributed by atoms with Crippen LogP contribution in [0.4, 0.5) is 24.7 Å². The fraction of sp³-hybridized carbons (Fsp3) is 0.0526. The van der Waals surface area contributed by atoms with Crippen LogP contribution in [0.15, 0.2) is 66.9 Å². The van der Waals surface area contributed by atoms with E-state index in [0.29, 0.717) is 17.0 Å². The van der Waals surface area contributed by atoms with Gasteiger partial charge in [-0.2, -0.15) is 13.2 Å². The molecule has 0 radical (unpaired) electrons. The Balaban J connectivity index is 1.71. The minimum absolute atomic E-state index is 0.310. The van der Waals surface area contributed by atoms with E-state index in [2.05, 4.69) is 15.3 Å². The molecule has 1 heterocycles. The van der Waals surface area contributed by atoms with Crippen molar-refractivity contribution in [2.24, 2.45) is 0 Å². The van der Waals surface area contributed by atoms with Crippen LogP contribution in [0.3, 0.4) is 0 Å². The Morgan fingerprint density at radius 2 is 1.52 bits per heavy atom. The molecule has 0 bridgehead atoms. The Bertz CT molecular complexity index is 1070. The minimum Gasteiger partial charge on any atom is -0.339 e. The van der Waals surface area contributed by atoms with E-state index in [-0.39, 0.29) is 0 Å². The van der Waals surface area contributed by atoms with Gasteiger partial charge >= 0.3 is 6.18 Å². The molecule has 0 spiro atoms. The van der Waals surface area contributed by atoms with E-state index in [9.17, 15) is 13.2 Å². The first-order valence-electron chi connectivity index (χ1n) is 7.59. The van der Waals surface area contributed by atoms with Crippen molar-refractivity contribution in [2.75, 3.05) is 5.32 Å². The molecule has 4 rings (SSSR count). The van der Waals surface area contributed by atoms with Crippen LogP contribution in [-0.2, 0) is 6.18 Å². The van der Waals surface area contributed by atoms with Crippen molar-refractivity contribution in [1.82, 2.24) is 9.97 Å². The number of fused-ring (bicyclic) bond motifs is 2. The van der Waals surface area contributed by atoms with Gasteiger partial charge in [0.05, 0.1) is 22.8 Å². The van der Waals surface area contributed by atoms with Crippen molar-refractivity contribution in [1.29, 1.82) is 0 Å². The zero-order valence-corrected chi connectivity index (χ0v) is 12.9. The highest BCUT2D eigenvalue weighted by molar-refractivity contribution is 5.95. The van der Waals surface area contributed by atoms with Crippen LogP contribution in [0.1, 0.15) is 5.56 Å². The van der Waals surface area contributed by atoms with Gasteiger partial charge in [-0.3, -0.25) is 4.98 Å². The molecule has 0 aliphatic carbocycles. The second-order valence-corrected chi connectivity index (χ2v) is 5.65. The zero-order chi connectivity index (χ0) is 17.4. The van der Waals surface area contributed by atoms with Gasteiger partial charge in [-0.15, -0.1) is 0 Å². The van der Waals surface area contributed by atoms with Gasteiger partial charge < -0.3 is 5.32 Å². The van der Waals surface area contributed by atoms with Gasteiger partial charge in [0.25, 0.3) is 0 Å². The lowest BCUT2D eigenvalue weighted by molar-refractivity contribution is -0.137. The van der Waals surface area contributed by atoms with E-state index >= 15 is 0 Å². The van der Waals surface area contributed by atoms with Crippen LogP contribution in [0.25, 0.3) is 21.8 Å². The van der Waals surface area contributed by atoms with Gasteiger partial charge in [-0.25, -0.2) is 4.98 Å². The summed E-state index contributed by atoms with van der Waals surface area (Å²) in [4.78, 5) is 8.81. The van der Waals surface area contributed by atoms with Gasteiger partial charge in [0.15, 0.2) is 0 Å². The molecule has 0 fully saturated rings. The molecule has 0 saturated heterocycles. The van der Waals surface area contributed by atoms with Crippen LogP contribution < -0.4 is 5.32 Å². The number of nitrogens with zero attached hydrogens (tertiary/aromatic N) is 2. The lowest BCUT2D eigenvalue weighted by atomic mass is 10.1. The van der Waals surface area contributed by atoms with Gasteiger partial charge in [0, 0.05) is 5.69 Å². The lowest BCUT2D eigenvalue weighted by Crippen LogP contribution is -2.05. The maximum Gasteiger partial charge on any atom is 0.416 e. The fourth-order valence-electron chi connectivity index (χ4n) is 2.68. The summed E-state index contributed by atoms with van der Waals surface area (Å²) in [5.41, 5.74) is 1.01. The van der Waals surface area contributed by atoms with Gasteiger partial charge in [0.1, 0.15) is 5.82 Å². The second-order valence-electron chi connectivity index (χ2n) is 5.65. The third-order valence-electron chi connectivity index (χ3n) is 3.87. The topological polar surface area (TPSA) is 37.8 Å². The summed E-state index contributed by atoms with van der Waals surface area (Å²) in [7, 11) is 0.